The van der Waals surface area contributed by atoms with Crippen LogP contribution in [-0.4, -0.2) is 0 Å². The van der Waals surface area contributed by atoms with E-state index in [0.717, 1.165) is 25.7 Å². The molecule has 0 nitrogen and oxygen atoms in total. The molecule has 0 heterocycles. The number of terminal acetylenes is 1. The number of rotatable bonds is 8. The number of unbranched alkanes of at least 4 members (excludes halogenated alkanes) is 1. The molecule has 128 valence electrons. The van der Waals surface area contributed by atoms with Crippen molar-refractivity contribution in [2.75, 3.05) is 0 Å². The molecule has 1 aliphatic carbocycles. The van der Waals surface area contributed by atoms with E-state index < -0.39 is 0 Å². The van der Waals surface area contributed by atoms with Crippen LogP contribution in [0.4, 0.5) is 0 Å². The molecule has 0 fully saturated rings. The van der Waals surface area contributed by atoms with Gasteiger partial charge in [0.05, 0.1) is 0 Å². The second kappa shape index (κ2) is 9.82. The molecular weight excluding hydrogens is 276 g/mol. The summed E-state index contributed by atoms with van der Waals surface area (Å²) in [6.07, 6.45) is 20.7. The van der Waals surface area contributed by atoms with Gasteiger partial charge in [-0.2, -0.15) is 0 Å². The van der Waals surface area contributed by atoms with Crippen LogP contribution in [0.25, 0.3) is 0 Å². The highest BCUT2D eigenvalue weighted by molar-refractivity contribution is 5.23. The minimum Gasteiger partial charge on any atom is -0.120 e. The minimum absolute atomic E-state index is 0.416. The van der Waals surface area contributed by atoms with Gasteiger partial charge in [-0.25, -0.2) is 0 Å². The standard InChI is InChI=1S/C23H36/c1-7-8-9-12-19(2)13-10-14-20(3)16-17-22-21(4)15-11-18-23(22,5)6/h1,12,14H,8-11,13,15-18H2,2-6H3/b19-12+,20-14+. The summed E-state index contributed by atoms with van der Waals surface area (Å²) in [5, 5.41) is 0. The monoisotopic (exact) mass is 312 g/mol. The van der Waals surface area contributed by atoms with E-state index in [9.17, 15) is 0 Å². The highest BCUT2D eigenvalue weighted by Crippen LogP contribution is 2.42. The normalized spacial score (nSPS) is 19.0. The van der Waals surface area contributed by atoms with Crippen molar-refractivity contribution in [2.24, 2.45) is 5.41 Å². The lowest BCUT2D eigenvalue weighted by atomic mass is 9.71. The zero-order valence-corrected chi connectivity index (χ0v) is 16.1. The van der Waals surface area contributed by atoms with Crippen LogP contribution in [0.5, 0.6) is 0 Å². The SMILES string of the molecule is C#CCC/C=C(\C)CC/C=C(\C)CCC1=C(C)CCCC1(C)C. The predicted octanol–water partition coefficient (Wildman–Crippen LogP) is 7.38. The molecule has 0 spiro atoms. The lowest BCUT2D eigenvalue weighted by molar-refractivity contribution is 0.354. The van der Waals surface area contributed by atoms with Crippen molar-refractivity contribution in [2.45, 2.75) is 92.4 Å². The maximum atomic E-state index is 5.29. The summed E-state index contributed by atoms with van der Waals surface area (Å²) in [4.78, 5) is 0. The van der Waals surface area contributed by atoms with E-state index in [4.69, 9.17) is 6.42 Å². The molecule has 0 unspecified atom stereocenters. The Labute approximate surface area is 145 Å². The molecule has 0 saturated carbocycles. The van der Waals surface area contributed by atoms with E-state index >= 15 is 0 Å². The summed E-state index contributed by atoms with van der Waals surface area (Å²) in [5.41, 5.74) is 6.81. The first-order valence-electron chi connectivity index (χ1n) is 9.30. The Morgan fingerprint density at radius 2 is 1.78 bits per heavy atom. The van der Waals surface area contributed by atoms with Crippen LogP contribution in [0.3, 0.4) is 0 Å². The van der Waals surface area contributed by atoms with E-state index in [1.807, 2.05) is 0 Å². The van der Waals surface area contributed by atoms with Gasteiger partial charge in [0.1, 0.15) is 0 Å². The third-order valence-corrected chi connectivity index (χ3v) is 5.27. The fourth-order valence-corrected chi connectivity index (χ4v) is 3.70. The maximum absolute atomic E-state index is 5.29. The summed E-state index contributed by atoms with van der Waals surface area (Å²) in [7, 11) is 0. The van der Waals surface area contributed by atoms with E-state index in [1.165, 1.54) is 37.7 Å². The molecule has 0 amide bonds. The molecule has 0 heteroatoms. The largest absolute Gasteiger partial charge is 0.120 e. The van der Waals surface area contributed by atoms with Crippen LogP contribution in [0.2, 0.25) is 0 Å². The maximum Gasteiger partial charge on any atom is 0.0121 e. The van der Waals surface area contributed by atoms with Gasteiger partial charge >= 0.3 is 0 Å². The average Bonchev–Trinajstić information content (AvgIpc) is 2.46. The van der Waals surface area contributed by atoms with Crippen LogP contribution in [-0.2, 0) is 0 Å². The van der Waals surface area contributed by atoms with Gasteiger partial charge in [-0.3, -0.25) is 0 Å². The van der Waals surface area contributed by atoms with Gasteiger partial charge in [0.15, 0.2) is 0 Å². The third kappa shape index (κ3) is 7.26. The zero-order valence-electron chi connectivity index (χ0n) is 16.1. The number of hydrogen-bond donors (Lipinski definition) is 0. The lowest BCUT2D eigenvalue weighted by Crippen LogP contribution is -2.20. The van der Waals surface area contributed by atoms with Gasteiger partial charge in [0, 0.05) is 6.42 Å². The first kappa shape index (κ1) is 19.8. The summed E-state index contributed by atoms with van der Waals surface area (Å²) in [6, 6.07) is 0. The first-order valence-corrected chi connectivity index (χ1v) is 9.30. The fourth-order valence-electron chi connectivity index (χ4n) is 3.70. The van der Waals surface area contributed by atoms with Crippen molar-refractivity contribution in [3.63, 3.8) is 0 Å². The molecule has 0 saturated heterocycles. The van der Waals surface area contributed by atoms with Crippen LogP contribution in [0, 0.1) is 17.8 Å². The van der Waals surface area contributed by atoms with Crippen molar-refractivity contribution in [3.8, 4) is 12.3 Å². The van der Waals surface area contributed by atoms with E-state index in [0.29, 0.717) is 5.41 Å². The highest BCUT2D eigenvalue weighted by atomic mass is 14.3. The van der Waals surface area contributed by atoms with Crippen molar-refractivity contribution >= 4 is 0 Å². The van der Waals surface area contributed by atoms with Crippen molar-refractivity contribution in [1.29, 1.82) is 0 Å². The number of allylic oxidation sites excluding steroid dienone is 6. The van der Waals surface area contributed by atoms with Gasteiger partial charge < -0.3 is 0 Å². The molecule has 1 aliphatic rings. The van der Waals surface area contributed by atoms with Gasteiger partial charge in [0.25, 0.3) is 0 Å². The fraction of sp³-hybridized carbons (Fsp3) is 0.652. The third-order valence-electron chi connectivity index (χ3n) is 5.27. The Morgan fingerprint density at radius 3 is 2.43 bits per heavy atom. The van der Waals surface area contributed by atoms with Gasteiger partial charge in [-0.05, 0) is 77.6 Å². The Kier molecular flexibility index (Phi) is 8.46. The summed E-state index contributed by atoms with van der Waals surface area (Å²) in [6.45, 7) is 11.7. The second-order valence-electron chi connectivity index (χ2n) is 7.88. The van der Waals surface area contributed by atoms with Crippen LogP contribution in [0.15, 0.2) is 34.4 Å². The van der Waals surface area contributed by atoms with Crippen LogP contribution in [0.1, 0.15) is 92.4 Å². The summed E-state index contributed by atoms with van der Waals surface area (Å²) in [5.74, 6) is 2.69. The molecule has 0 atom stereocenters. The van der Waals surface area contributed by atoms with Gasteiger partial charge in [-0.1, -0.05) is 48.3 Å². The zero-order chi connectivity index (χ0) is 17.3. The van der Waals surface area contributed by atoms with E-state index in [2.05, 4.69) is 52.7 Å². The molecular formula is C23H36. The van der Waals surface area contributed by atoms with Crippen LogP contribution >= 0.6 is 0 Å². The smallest absolute Gasteiger partial charge is 0.0121 e. The molecule has 0 aromatic carbocycles. The average molecular weight is 313 g/mol. The quantitative estimate of drug-likeness (QED) is 0.249. The highest BCUT2D eigenvalue weighted by Gasteiger charge is 2.27. The van der Waals surface area contributed by atoms with Crippen LogP contribution < -0.4 is 0 Å². The molecule has 0 bridgehead atoms. The molecule has 1 rings (SSSR count). The molecule has 23 heavy (non-hydrogen) atoms. The molecule has 0 aromatic heterocycles. The van der Waals surface area contributed by atoms with E-state index in [1.54, 1.807) is 16.7 Å². The second-order valence-corrected chi connectivity index (χ2v) is 7.88. The van der Waals surface area contributed by atoms with Gasteiger partial charge in [-0.15, -0.1) is 12.3 Å². The topological polar surface area (TPSA) is 0 Å². The molecule has 0 N–H and O–H groups in total. The van der Waals surface area contributed by atoms with Gasteiger partial charge in [0.2, 0.25) is 0 Å². The Hall–Kier alpha value is -1.22. The minimum atomic E-state index is 0.416. The Balaban J connectivity index is 2.43. The Bertz CT molecular complexity index is 503. The van der Waals surface area contributed by atoms with Crippen molar-refractivity contribution in [3.05, 3.63) is 34.4 Å². The van der Waals surface area contributed by atoms with Crippen molar-refractivity contribution < 1.29 is 0 Å². The predicted molar refractivity (Wildman–Crippen MR) is 104 cm³/mol. The molecule has 0 radical (unpaired) electrons. The summed E-state index contributed by atoms with van der Waals surface area (Å²) < 4.78 is 0. The van der Waals surface area contributed by atoms with Crippen molar-refractivity contribution in [1.82, 2.24) is 0 Å². The molecule has 0 aliphatic heterocycles. The lowest BCUT2D eigenvalue weighted by Gasteiger charge is -2.35. The van der Waals surface area contributed by atoms with E-state index in [-0.39, 0.29) is 0 Å². The number of hydrogen-bond acceptors (Lipinski definition) is 0. The summed E-state index contributed by atoms with van der Waals surface area (Å²) >= 11 is 0. The molecule has 0 aromatic rings. The first-order chi connectivity index (χ1) is 10.9. The Morgan fingerprint density at radius 1 is 1.13 bits per heavy atom.